The number of esters is 1. The fourth-order valence-electron chi connectivity index (χ4n) is 2.94. The summed E-state index contributed by atoms with van der Waals surface area (Å²) in [5.74, 6) is -1.05. The van der Waals surface area contributed by atoms with Crippen LogP contribution in [-0.2, 0) is 35.0 Å². The van der Waals surface area contributed by atoms with E-state index in [1.54, 1.807) is 20.8 Å². The minimum atomic E-state index is -4.97. The van der Waals surface area contributed by atoms with Gasteiger partial charge in [-0.25, -0.2) is 0 Å². The average Bonchev–Trinajstić information content (AvgIpc) is 2.67. The first-order valence-corrected chi connectivity index (χ1v) is 10.1. The fourth-order valence-corrected chi connectivity index (χ4v) is 2.94. The molecule has 0 saturated carbocycles. The molecule has 5 nitrogen and oxygen atoms in total. The standard InChI is InChI=1S/C23H24F6N2O3/c1-13(32)34-12-14-5-6-18(20(33)31-21(2,3)4)19(9-14)30-11-15-7-16(22(24,25)26)10-17(8-15)23(27,28)29/h5-10,30H,11-12H2,1-4H3,(H,31,33). The Morgan fingerprint density at radius 1 is 0.853 bits per heavy atom. The van der Waals surface area contributed by atoms with Crippen LogP contribution in [0.15, 0.2) is 36.4 Å². The highest BCUT2D eigenvalue weighted by Gasteiger charge is 2.36. The number of carbonyl (C=O) groups excluding carboxylic acids is 2. The Labute approximate surface area is 192 Å². The number of amides is 1. The van der Waals surface area contributed by atoms with Gasteiger partial charge in [0.2, 0.25) is 0 Å². The second-order valence-corrected chi connectivity index (χ2v) is 8.63. The third-order valence-corrected chi connectivity index (χ3v) is 4.39. The Morgan fingerprint density at radius 3 is 1.88 bits per heavy atom. The Bertz CT molecular complexity index is 1020. The molecule has 1 amide bonds. The second kappa shape index (κ2) is 9.94. The number of hydrogen-bond donors (Lipinski definition) is 2. The first-order valence-electron chi connectivity index (χ1n) is 10.1. The summed E-state index contributed by atoms with van der Waals surface area (Å²) in [6, 6.07) is 5.66. The Balaban J connectivity index is 2.43. The van der Waals surface area contributed by atoms with Crippen LogP contribution in [0.2, 0.25) is 0 Å². The lowest BCUT2D eigenvalue weighted by atomic mass is 10.0. The monoisotopic (exact) mass is 490 g/mol. The van der Waals surface area contributed by atoms with Gasteiger partial charge >= 0.3 is 18.3 Å². The lowest BCUT2D eigenvalue weighted by Crippen LogP contribution is -2.40. The number of hydrogen-bond acceptors (Lipinski definition) is 4. The van der Waals surface area contributed by atoms with Gasteiger partial charge in [0.1, 0.15) is 6.61 Å². The molecule has 2 rings (SSSR count). The number of halogens is 6. The van der Waals surface area contributed by atoms with E-state index >= 15 is 0 Å². The van der Waals surface area contributed by atoms with E-state index in [1.165, 1.54) is 25.1 Å². The third-order valence-electron chi connectivity index (χ3n) is 4.39. The number of ether oxygens (including phenoxy) is 1. The van der Waals surface area contributed by atoms with E-state index in [1.807, 2.05) is 0 Å². The van der Waals surface area contributed by atoms with E-state index in [4.69, 9.17) is 4.74 Å². The zero-order valence-corrected chi connectivity index (χ0v) is 18.9. The van der Waals surface area contributed by atoms with E-state index in [-0.39, 0.29) is 29.5 Å². The first-order chi connectivity index (χ1) is 15.5. The molecule has 34 heavy (non-hydrogen) atoms. The molecule has 0 atom stereocenters. The lowest BCUT2D eigenvalue weighted by Gasteiger charge is -2.22. The van der Waals surface area contributed by atoms with Gasteiger partial charge in [-0.1, -0.05) is 6.07 Å². The van der Waals surface area contributed by atoms with Crippen LogP contribution in [0.5, 0.6) is 0 Å². The summed E-state index contributed by atoms with van der Waals surface area (Å²) in [5, 5.41) is 5.49. The van der Waals surface area contributed by atoms with Gasteiger partial charge < -0.3 is 15.4 Å². The van der Waals surface area contributed by atoms with Crippen molar-refractivity contribution in [3.05, 3.63) is 64.2 Å². The molecule has 0 radical (unpaired) electrons. The van der Waals surface area contributed by atoms with Crippen LogP contribution >= 0.6 is 0 Å². The molecule has 2 aromatic rings. The zero-order chi connectivity index (χ0) is 25.9. The SMILES string of the molecule is CC(=O)OCc1ccc(C(=O)NC(C)(C)C)c(NCc2cc(C(F)(F)F)cc(C(F)(F)F)c2)c1. The van der Waals surface area contributed by atoms with Crippen molar-refractivity contribution in [1.29, 1.82) is 0 Å². The molecule has 0 aromatic heterocycles. The maximum Gasteiger partial charge on any atom is 0.416 e. The van der Waals surface area contributed by atoms with Gasteiger partial charge in [0.05, 0.1) is 16.7 Å². The van der Waals surface area contributed by atoms with Gasteiger partial charge in [-0.15, -0.1) is 0 Å². The van der Waals surface area contributed by atoms with Crippen LogP contribution < -0.4 is 10.6 Å². The van der Waals surface area contributed by atoms with Crippen molar-refractivity contribution < 1.29 is 40.7 Å². The molecule has 11 heteroatoms. The second-order valence-electron chi connectivity index (χ2n) is 8.63. The summed E-state index contributed by atoms with van der Waals surface area (Å²) in [7, 11) is 0. The van der Waals surface area contributed by atoms with Gasteiger partial charge in [-0.3, -0.25) is 9.59 Å². The molecule has 0 aliphatic rings. The number of nitrogens with one attached hydrogen (secondary N) is 2. The van der Waals surface area contributed by atoms with Crippen molar-refractivity contribution in [3.63, 3.8) is 0 Å². The molecular formula is C23H24F6N2O3. The van der Waals surface area contributed by atoms with Crippen molar-refractivity contribution in [2.24, 2.45) is 0 Å². The summed E-state index contributed by atoms with van der Waals surface area (Å²) in [6.07, 6.45) is -9.95. The molecule has 0 aliphatic carbocycles. The summed E-state index contributed by atoms with van der Waals surface area (Å²) in [6.45, 7) is 5.88. The van der Waals surface area contributed by atoms with E-state index < -0.39 is 47.4 Å². The molecule has 2 N–H and O–H groups in total. The summed E-state index contributed by atoms with van der Waals surface area (Å²) >= 11 is 0. The molecule has 0 fully saturated rings. The summed E-state index contributed by atoms with van der Waals surface area (Å²) in [5.41, 5.74) is -3.03. The average molecular weight is 490 g/mol. The normalized spacial score (nSPS) is 12.3. The van der Waals surface area contributed by atoms with E-state index in [9.17, 15) is 35.9 Å². The predicted octanol–water partition coefficient (Wildman–Crippen LogP) is 5.93. The largest absolute Gasteiger partial charge is 0.461 e. The van der Waals surface area contributed by atoms with Crippen LogP contribution in [0.3, 0.4) is 0 Å². The van der Waals surface area contributed by atoms with Crippen LogP contribution in [-0.4, -0.2) is 17.4 Å². The molecule has 0 spiro atoms. The number of carbonyl (C=O) groups is 2. The maximum absolute atomic E-state index is 13.1. The van der Waals surface area contributed by atoms with Crippen LogP contribution in [0.1, 0.15) is 60.3 Å². The highest BCUT2D eigenvalue weighted by Crippen LogP contribution is 2.36. The van der Waals surface area contributed by atoms with Crippen molar-refractivity contribution >= 4 is 17.6 Å². The minimum Gasteiger partial charge on any atom is -0.461 e. The number of alkyl halides is 6. The quantitative estimate of drug-likeness (QED) is 0.389. The number of anilines is 1. The lowest BCUT2D eigenvalue weighted by molar-refractivity contribution is -0.144. The molecule has 2 aromatic carbocycles. The van der Waals surface area contributed by atoms with Gasteiger partial charge in [0.15, 0.2) is 0 Å². The third kappa shape index (κ3) is 7.96. The highest BCUT2D eigenvalue weighted by molar-refractivity contribution is 6.00. The first kappa shape index (κ1) is 27.0. The van der Waals surface area contributed by atoms with Gasteiger partial charge in [0, 0.05) is 24.7 Å². The molecule has 0 saturated heterocycles. The molecular weight excluding hydrogens is 466 g/mol. The van der Waals surface area contributed by atoms with E-state index in [2.05, 4.69) is 10.6 Å². The minimum absolute atomic E-state index is 0.0470. The summed E-state index contributed by atoms with van der Waals surface area (Å²) in [4.78, 5) is 23.8. The smallest absolute Gasteiger partial charge is 0.416 e. The van der Waals surface area contributed by atoms with Gasteiger partial charge in [-0.05, 0) is 62.2 Å². The van der Waals surface area contributed by atoms with Crippen LogP contribution in [0, 0.1) is 0 Å². The van der Waals surface area contributed by atoms with E-state index in [0.717, 1.165) is 0 Å². The number of rotatable bonds is 6. The Kier molecular flexibility index (Phi) is 7.90. The molecule has 0 bridgehead atoms. The Morgan fingerprint density at radius 2 is 1.41 bits per heavy atom. The fraction of sp³-hybridized carbons (Fsp3) is 0.391. The summed E-state index contributed by atoms with van der Waals surface area (Å²) < 4.78 is 83.8. The van der Waals surface area contributed by atoms with Crippen molar-refractivity contribution in [2.45, 2.75) is 58.7 Å². The molecule has 0 unspecified atom stereocenters. The number of benzene rings is 2. The van der Waals surface area contributed by atoms with Gasteiger partial charge in [0.25, 0.3) is 5.91 Å². The van der Waals surface area contributed by atoms with E-state index in [0.29, 0.717) is 17.7 Å². The highest BCUT2D eigenvalue weighted by atomic mass is 19.4. The van der Waals surface area contributed by atoms with Crippen molar-refractivity contribution in [1.82, 2.24) is 5.32 Å². The Hall–Kier alpha value is -3.24. The molecule has 0 aliphatic heterocycles. The van der Waals surface area contributed by atoms with Crippen LogP contribution in [0.4, 0.5) is 32.0 Å². The predicted molar refractivity (Wildman–Crippen MR) is 113 cm³/mol. The zero-order valence-electron chi connectivity index (χ0n) is 18.9. The van der Waals surface area contributed by atoms with Crippen LogP contribution in [0.25, 0.3) is 0 Å². The molecule has 0 heterocycles. The van der Waals surface area contributed by atoms with Crippen molar-refractivity contribution in [2.75, 3.05) is 5.32 Å². The van der Waals surface area contributed by atoms with Gasteiger partial charge in [-0.2, -0.15) is 26.3 Å². The topological polar surface area (TPSA) is 67.4 Å². The maximum atomic E-state index is 13.1. The van der Waals surface area contributed by atoms with Crippen molar-refractivity contribution in [3.8, 4) is 0 Å². The molecule has 186 valence electrons.